The van der Waals surface area contributed by atoms with Crippen LogP contribution in [0.25, 0.3) is 0 Å². The molecular formula is C15H20N4. The molecule has 0 bridgehead atoms. The maximum Gasteiger partial charge on any atom is 0.134 e. The predicted molar refractivity (Wildman–Crippen MR) is 79.5 cm³/mol. The van der Waals surface area contributed by atoms with Gasteiger partial charge in [0.25, 0.3) is 0 Å². The SMILES string of the molecule is CCNc1cc(N(C)Cc2cccc(C)c2)ncn1. The predicted octanol–water partition coefficient (Wildman–Crippen LogP) is 2.85. The maximum atomic E-state index is 4.31. The van der Waals surface area contributed by atoms with Crippen molar-refractivity contribution in [2.24, 2.45) is 0 Å². The van der Waals surface area contributed by atoms with Crippen LogP contribution in [0.15, 0.2) is 36.7 Å². The van der Waals surface area contributed by atoms with E-state index in [0.717, 1.165) is 24.7 Å². The second kappa shape index (κ2) is 6.18. The van der Waals surface area contributed by atoms with Gasteiger partial charge in [0.15, 0.2) is 0 Å². The Labute approximate surface area is 114 Å². The molecule has 4 heteroatoms. The van der Waals surface area contributed by atoms with E-state index < -0.39 is 0 Å². The van der Waals surface area contributed by atoms with Crippen molar-refractivity contribution < 1.29 is 0 Å². The second-order valence-electron chi connectivity index (χ2n) is 4.64. The van der Waals surface area contributed by atoms with Crippen molar-refractivity contribution in [3.8, 4) is 0 Å². The highest BCUT2D eigenvalue weighted by atomic mass is 15.2. The molecule has 0 saturated heterocycles. The third-order valence-corrected chi connectivity index (χ3v) is 2.90. The molecule has 0 aliphatic heterocycles. The molecular weight excluding hydrogens is 236 g/mol. The molecule has 4 nitrogen and oxygen atoms in total. The Balaban J connectivity index is 2.11. The first-order valence-corrected chi connectivity index (χ1v) is 6.51. The molecule has 0 spiro atoms. The minimum absolute atomic E-state index is 0.838. The van der Waals surface area contributed by atoms with Crippen LogP contribution in [0.3, 0.4) is 0 Å². The zero-order valence-electron chi connectivity index (χ0n) is 11.7. The Morgan fingerprint density at radius 2 is 2.05 bits per heavy atom. The molecule has 100 valence electrons. The van der Waals surface area contributed by atoms with E-state index >= 15 is 0 Å². The van der Waals surface area contributed by atoms with Crippen molar-refractivity contribution in [1.82, 2.24) is 9.97 Å². The average molecular weight is 256 g/mol. The van der Waals surface area contributed by atoms with Crippen LogP contribution >= 0.6 is 0 Å². The summed E-state index contributed by atoms with van der Waals surface area (Å²) in [5.41, 5.74) is 2.56. The molecule has 19 heavy (non-hydrogen) atoms. The molecule has 2 aromatic rings. The van der Waals surface area contributed by atoms with Gasteiger partial charge in [0.1, 0.15) is 18.0 Å². The van der Waals surface area contributed by atoms with E-state index in [4.69, 9.17) is 0 Å². The van der Waals surface area contributed by atoms with E-state index in [-0.39, 0.29) is 0 Å². The van der Waals surface area contributed by atoms with Crippen molar-refractivity contribution in [1.29, 1.82) is 0 Å². The zero-order valence-corrected chi connectivity index (χ0v) is 11.7. The van der Waals surface area contributed by atoms with Crippen LogP contribution < -0.4 is 10.2 Å². The smallest absolute Gasteiger partial charge is 0.134 e. The van der Waals surface area contributed by atoms with Crippen LogP contribution in [0, 0.1) is 6.92 Å². The third kappa shape index (κ3) is 3.68. The van der Waals surface area contributed by atoms with E-state index in [2.05, 4.69) is 58.3 Å². The summed E-state index contributed by atoms with van der Waals surface area (Å²) in [5, 5.41) is 3.20. The largest absolute Gasteiger partial charge is 0.370 e. The van der Waals surface area contributed by atoms with Crippen molar-refractivity contribution in [2.75, 3.05) is 23.8 Å². The van der Waals surface area contributed by atoms with Crippen LogP contribution in [-0.4, -0.2) is 23.6 Å². The molecule has 1 aromatic carbocycles. The molecule has 0 atom stereocenters. The number of nitrogens with zero attached hydrogens (tertiary/aromatic N) is 3. The number of aromatic nitrogens is 2. The summed E-state index contributed by atoms with van der Waals surface area (Å²) >= 11 is 0. The highest BCUT2D eigenvalue weighted by molar-refractivity contribution is 5.48. The number of aryl methyl sites for hydroxylation is 1. The summed E-state index contributed by atoms with van der Waals surface area (Å²) in [7, 11) is 2.04. The first-order chi connectivity index (χ1) is 9.19. The summed E-state index contributed by atoms with van der Waals surface area (Å²) in [4.78, 5) is 10.6. The number of nitrogens with one attached hydrogen (secondary N) is 1. The van der Waals surface area contributed by atoms with Gasteiger partial charge in [-0.15, -0.1) is 0 Å². The lowest BCUT2D eigenvalue weighted by Gasteiger charge is -2.19. The summed E-state index contributed by atoms with van der Waals surface area (Å²) in [6.07, 6.45) is 1.60. The highest BCUT2D eigenvalue weighted by Gasteiger charge is 2.05. The van der Waals surface area contributed by atoms with Crippen LogP contribution in [-0.2, 0) is 6.54 Å². The van der Waals surface area contributed by atoms with E-state index in [1.807, 2.05) is 13.1 Å². The number of hydrogen-bond donors (Lipinski definition) is 1. The Morgan fingerprint density at radius 1 is 1.21 bits per heavy atom. The minimum atomic E-state index is 0.838. The standard InChI is InChI=1S/C15H20N4/c1-4-16-14-9-15(18-11-17-14)19(3)10-13-7-5-6-12(2)8-13/h5-9,11H,4,10H2,1-3H3,(H,16,17,18). The van der Waals surface area contributed by atoms with Gasteiger partial charge in [-0.05, 0) is 19.4 Å². The summed E-state index contributed by atoms with van der Waals surface area (Å²) in [6.45, 7) is 5.86. The lowest BCUT2D eigenvalue weighted by Crippen LogP contribution is -2.18. The molecule has 1 N–H and O–H groups in total. The molecule has 1 aromatic heterocycles. The molecule has 2 rings (SSSR count). The molecule has 0 unspecified atom stereocenters. The van der Waals surface area contributed by atoms with E-state index in [1.165, 1.54) is 11.1 Å². The summed E-state index contributed by atoms with van der Waals surface area (Å²) in [5.74, 6) is 1.79. The lowest BCUT2D eigenvalue weighted by molar-refractivity contribution is 0.889. The van der Waals surface area contributed by atoms with Gasteiger partial charge >= 0.3 is 0 Å². The van der Waals surface area contributed by atoms with E-state index in [0.29, 0.717) is 0 Å². The average Bonchev–Trinajstić information content (AvgIpc) is 2.39. The van der Waals surface area contributed by atoms with Gasteiger partial charge in [0.05, 0.1) is 0 Å². The topological polar surface area (TPSA) is 41.0 Å². The molecule has 0 saturated carbocycles. The molecule has 0 aliphatic carbocycles. The fourth-order valence-corrected chi connectivity index (χ4v) is 2.00. The van der Waals surface area contributed by atoms with Crippen LogP contribution in [0.5, 0.6) is 0 Å². The summed E-state index contributed by atoms with van der Waals surface area (Å²) in [6, 6.07) is 10.5. The van der Waals surface area contributed by atoms with Crippen LogP contribution in [0.1, 0.15) is 18.1 Å². The van der Waals surface area contributed by atoms with Crippen molar-refractivity contribution in [3.63, 3.8) is 0 Å². The monoisotopic (exact) mass is 256 g/mol. The van der Waals surface area contributed by atoms with Gasteiger partial charge in [-0.3, -0.25) is 0 Å². The number of rotatable bonds is 5. The second-order valence-corrected chi connectivity index (χ2v) is 4.64. The van der Waals surface area contributed by atoms with Crippen molar-refractivity contribution in [3.05, 3.63) is 47.8 Å². The van der Waals surface area contributed by atoms with E-state index in [9.17, 15) is 0 Å². The minimum Gasteiger partial charge on any atom is -0.370 e. The van der Waals surface area contributed by atoms with Crippen molar-refractivity contribution >= 4 is 11.6 Å². The molecule has 0 aliphatic rings. The lowest BCUT2D eigenvalue weighted by atomic mass is 10.1. The Kier molecular flexibility index (Phi) is 4.34. The fourth-order valence-electron chi connectivity index (χ4n) is 2.00. The maximum absolute atomic E-state index is 4.31. The van der Waals surface area contributed by atoms with Gasteiger partial charge in [-0.2, -0.15) is 0 Å². The first kappa shape index (κ1) is 13.3. The summed E-state index contributed by atoms with van der Waals surface area (Å²) < 4.78 is 0. The highest BCUT2D eigenvalue weighted by Crippen LogP contribution is 2.15. The zero-order chi connectivity index (χ0) is 13.7. The fraction of sp³-hybridized carbons (Fsp3) is 0.333. The molecule has 0 fully saturated rings. The van der Waals surface area contributed by atoms with E-state index in [1.54, 1.807) is 6.33 Å². The Hall–Kier alpha value is -2.10. The van der Waals surface area contributed by atoms with Gasteiger partial charge in [0, 0.05) is 26.2 Å². The quantitative estimate of drug-likeness (QED) is 0.893. The third-order valence-electron chi connectivity index (χ3n) is 2.90. The number of benzene rings is 1. The molecule has 1 heterocycles. The van der Waals surface area contributed by atoms with Crippen LogP contribution in [0.4, 0.5) is 11.6 Å². The van der Waals surface area contributed by atoms with Crippen molar-refractivity contribution in [2.45, 2.75) is 20.4 Å². The number of hydrogen-bond acceptors (Lipinski definition) is 4. The molecule has 0 radical (unpaired) electrons. The molecule has 0 amide bonds. The van der Waals surface area contributed by atoms with Crippen LogP contribution in [0.2, 0.25) is 0 Å². The number of anilines is 2. The van der Waals surface area contributed by atoms with Gasteiger partial charge in [-0.25, -0.2) is 9.97 Å². The first-order valence-electron chi connectivity index (χ1n) is 6.51. The van der Waals surface area contributed by atoms with Gasteiger partial charge in [0.2, 0.25) is 0 Å². The van der Waals surface area contributed by atoms with Gasteiger partial charge < -0.3 is 10.2 Å². The van der Waals surface area contributed by atoms with Gasteiger partial charge in [-0.1, -0.05) is 29.8 Å². The normalized spacial score (nSPS) is 10.3. The Morgan fingerprint density at radius 3 is 2.79 bits per heavy atom. The Bertz CT molecular complexity index is 539.